The van der Waals surface area contributed by atoms with Crippen molar-refractivity contribution in [2.45, 2.75) is 6.18 Å². The highest BCUT2D eigenvalue weighted by atomic mass is 19.4. The van der Waals surface area contributed by atoms with Gasteiger partial charge in [0, 0.05) is 44.5 Å². The van der Waals surface area contributed by atoms with Gasteiger partial charge in [-0.15, -0.1) is 0 Å². The Bertz CT molecular complexity index is 1080. The summed E-state index contributed by atoms with van der Waals surface area (Å²) in [6.45, 7) is 2.82. The van der Waals surface area contributed by atoms with E-state index in [1.54, 1.807) is 25.2 Å². The van der Waals surface area contributed by atoms with Gasteiger partial charge >= 0.3 is 6.18 Å². The van der Waals surface area contributed by atoms with E-state index in [0.717, 1.165) is 19.2 Å². The number of likely N-dealkylation sites (N-methyl/N-ethyl adjacent to an activating group) is 1. The van der Waals surface area contributed by atoms with Crippen LogP contribution < -0.4 is 16.0 Å². The summed E-state index contributed by atoms with van der Waals surface area (Å²) in [6, 6.07) is 7.50. The number of rotatable bonds is 3. The second-order valence-corrected chi connectivity index (χ2v) is 7.24. The van der Waals surface area contributed by atoms with E-state index in [1.165, 1.54) is 6.07 Å². The number of hydrogen-bond donors (Lipinski definition) is 2. The van der Waals surface area contributed by atoms with Crippen LogP contribution >= 0.6 is 0 Å². The van der Waals surface area contributed by atoms with Gasteiger partial charge in [-0.05, 0) is 31.3 Å². The number of piperazine rings is 1. The van der Waals surface area contributed by atoms with Crippen LogP contribution in [0.15, 0.2) is 30.3 Å². The molecule has 0 radical (unpaired) electrons. The molecule has 0 bridgehead atoms. The van der Waals surface area contributed by atoms with Gasteiger partial charge in [0.1, 0.15) is 5.82 Å². The summed E-state index contributed by atoms with van der Waals surface area (Å²) in [4.78, 5) is 16.8. The predicted molar refractivity (Wildman–Crippen MR) is 111 cm³/mol. The SMILES string of the molecule is CNc1nc(N)nc2nc(-c3c(N4CCN(C)CC4)cccc3C(F)(F)F)ccc12. The van der Waals surface area contributed by atoms with Gasteiger partial charge in [0.15, 0.2) is 5.65 Å². The van der Waals surface area contributed by atoms with Gasteiger partial charge in [-0.2, -0.15) is 23.1 Å². The van der Waals surface area contributed by atoms with Crippen molar-refractivity contribution < 1.29 is 13.2 Å². The van der Waals surface area contributed by atoms with Crippen LogP contribution in [0.4, 0.5) is 30.6 Å². The molecule has 3 N–H and O–H groups in total. The predicted octanol–water partition coefficient (Wildman–Crippen LogP) is 3.09. The Balaban J connectivity index is 1.92. The summed E-state index contributed by atoms with van der Waals surface area (Å²) < 4.78 is 41.8. The topological polar surface area (TPSA) is 83.2 Å². The Morgan fingerprint density at radius 1 is 1.00 bits per heavy atom. The molecule has 1 aliphatic rings. The molecular formula is C20H22F3N7. The van der Waals surface area contributed by atoms with Crippen molar-refractivity contribution in [1.29, 1.82) is 0 Å². The summed E-state index contributed by atoms with van der Waals surface area (Å²) in [5.74, 6) is 0.472. The van der Waals surface area contributed by atoms with Crippen LogP contribution in [0.1, 0.15) is 5.56 Å². The fraction of sp³-hybridized carbons (Fsp3) is 0.350. The molecule has 0 spiro atoms. The Morgan fingerprint density at radius 3 is 2.40 bits per heavy atom. The summed E-state index contributed by atoms with van der Waals surface area (Å²) in [7, 11) is 3.68. The highest BCUT2D eigenvalue weighted by Crippen LogP contribution is 2.42. The smallest absolute Gasteiger partial charge is 0.372 e. The second kappa shape index (κ2) is 7.60. The molecule has 1 saturated heterocycles. The number of halogens is 3. The van der Waals surface area contributed by atoms with E-state index in [1.807, 2.05) is 11.9 Å². The number of anilines is 3. The molecule has 2 aromatic heterocycles. The Labute approximate surface area is 171 Å². The first kappa shape index (κ1) is 20.1. The fourth-order valence-electron chi connectivity index (χ4n) is 3.71. The number of alkyl halides is 3. The Kier molecular flexibility index (Phi) is 5.10. The molecule has 3 aromatic rings. The zero-order valence-electron chi connectivity index (χ0n) is 16.7. The number of pyridine rings is 1. The van der Waals surface area contributed by atoms with Gasteiger partial charge in [0.05, 0.1) is 16.6 Å². The molecule has 158 valence electrons. The van der Waals surface area contributed by atoms with E-state index in [0.29, 0.717) is 30.0 Å². The van der Waals surface area contributed by atoms with Gasteiger partial charge in [0.2, 0.25) is 5.95 Å². The minimum atomic E-state index is -4.52. The molecule has 10 heteroatoms. The van der Waals surface area contributed by atoms with Crippen molar-refractivity contribution in [3.8, 4) is 11.3 Å². The lowest BCUT2D eigenvalue weighted by atomic mass is 9.99. The zero-order chi connectivity index (χ0) is 21.5. The summed E-state index contributed by atoms with van der Waals surface area (Å²) in [6.07, 6.45) is -4.52. The molecule has 1 aliphatic heterocycles. The van der Waals surface area contributed by atoms with Crippen molar-refractivity contribution >= 4 is 28.5 Å². The highest BCUT2D eigenvalue weighted by Gasteiger charge is 2.36. The maximum Gasteiger partial charge on any atom is 0.417 e. The van der Waals surface area contributed by atoms with Crippen molar-refractivity contribution in [1.82, 2.24) is 19.9 Å². The molecule has 1 fully saturated rings. The number of nitrogens with two attached hydrogens (primary N) is 1. The standard InChI is InChI=1S/C20H22F3N7/c1-25-17-12-6-7-14(26-18(12)28-19(24)27-17)16-13(20(21,22)23)4-3-5-15(16)30-10-8-29(2)9-11-30/h3-7H,8-11H2,1-2H3,(H3,24,25,26,27,28). The van der Waals surface area contributed by atoms with Gasteiger partial charge in [-0.25, -0.2) is 4.98 Å². The fourth-order valence-corrected chi connectivity index (χ4v) is 3.71. The molecule has 1 aromatic carbocycles. The monoisotopic (exact) mass is 417 g/mol. The minimum Gasteiger partial charge on any atom is -0.372 e. The van der Waals surface area contributed by atoms with Crippen LogP contribution in [-0.2, 0) is 6.18 Å². The van der Waals surface area contributed by atoms with Gasteiger partial charge in [-0.3, -0.25) is 0 Å². The Morgan fingerprint density at radius 2 is 1.73 bits per heavy atom. The summed E-state index contributed by atoms with van der Waals surface area (Å²) in [5.41, 5.74) is 6.04. The summed E-state index contributed by atoms with van der Waals surface area (Å²) >= 11 is 0. The van der Waals surface area contributed by atoms with E-state index in [9.17, 15) is 13.2 Å². The van der Waals surface area contributed by atoms with Crippen molar-refractivity contribution in [3.63, 3.8) is 0 Å². The maximum absolute atomic E-state index is 13.9. The van der Waals surface area contributed by atoms with Crippen LogP contribution in [0.3, 0.4) is 0 Å². The number of nitrogen functional groups attached to an aromatic ring is 1. The molecule has 0 saturated carbocycles. The quantitative estimate of drug-likeness (QED) is 0.678. The van der Waals surface area contributed by atoms with E-state index in [-0.39, 0.29) is 22.9 Å². The molecule has 3 heterocycles. The molecule has 30 heavy (non-hydrogen) atoms. The van der Waals surface area contributed by atoms with Crippen LogP contribution in [0.25, 0.3) is 22.3 Å². The molecule has 0 atom stereocenters. The van der Waals surface area contributed by atoms with Crippen LogP contribution in [-0.4, -0.2) is 60.1 Å². The third-order valence-corrected chi connectivity index (χ3v) is 5.26. The molecule has 7 nitrogen and oxygen atoms in total. The van der Waals surface area contributed by atoms with Crippen LogP contribution in [0.5, 0.6) is 0 Å². The summed E-state index contributed by atoms with van der Waals surface area (Å²) in [5, 5.41) is 3.49. The van der Waals surface area contributed by atoms with E-state index >= 15 is 0 Å². The van der Waals surface area contributed by atoms with E-state index in [4.69, 9.17) is 5.73 Å². The van der Waals surface area contributed by atoms with Crippen molar-refractivity contribution in [2.75, 3.05) is 56.2 Å². The second-order valence-electron chi connectivity index (χ2n) is 7.24. The molecular weight excluding hydrogens is 395 g/mol. The molecule has 0 aliphatic carbocycles. The first-order valence-electron chi connectivity index (χ1n) is 9.54. The first-order valence-corrected chi connectivity index (χ1v) is 9.54. The number of fused-ring (bicyclic) bond motifs is 1. The van der Waals surface area contributed by atoms with E-state index < -0.39 is 11.7 Å². The minimum absolute atomic E-state index is 0.0000947. The first-order chi connectivity index (χ1) is 14.3. The third-order valence-electron chi connectivity index (χ3n) is 5.26. The third kappa shape index (κ3) is 3.70. The average Bonchev–Trinajstić information content (AvgIpc) is 2.72. The maximum atomic E-state index is 13.9. The lowest BCUT2D eigenvalue weighted by molar-refractivity contribution is -0.137. The van der Waals surface area contributed by atoms with Crippen molar-refractivity contribution in [3.05, 3.63) is 35.9 Å². The molecule has 4 rings (SSSR count). The van der Waals surface area contributed by atoms with Gasteiger partial charge in [0.25, 0.3) is 0 Å². The zero-order valence-corrected chi connectivity index (χ0v) is 16.7. The number of benzene rings is 1. The van der Waals surface area contributed by atoms with Crippen molar-refractivity contribution in [2.24, 2.45) is 0 Å². The number of aromatic nitrogens is 3. The largest absolute Gasteiger partial charge is 0.417 e. The molecule has 0 unspecified atom stereocenters. The normalized spacial score (nSPS) is 15.6. The van der Waals surface area contributed by atoms with E-state index in [2.05, 4.69) is 25.2 Å². The van der Waals surface area contributed by atoms with Crippen LogP contribution in [0.2, 0.25) is 0 Å². The van der Waals surface area contributed by atoms with Crippen LogP contribution in [0, 0.1) is 0 Å². The average molecular weight is 417 g/mol. The number of hydrogen-bond acceptors (Lipinski definition) is 7. The lowest BCUT2D eigenvalue weighted by Crippen LogP contribution is -2.44. The number of nitrogens with one attached hydrogen (secondary N) is 1. The number of nitrogens with zero attached hydrogens (tertiary/aromatic N) is 5. The van der Waals surface area contributed by atoms with Gasteiger partial charge in [-0.1, -0.05) is 6.07 Å². The lowest BCUT2D eigenvalue weighted by Gasteiger charge is -2.35. The highest BCUT2D eigenvalue weighted by molar-refractivity contribution is 5.90. The van der Waals surface area contributed by atoms with Gasteiger partial charge < -0.3 is 20.9 Å². The Hall–Kier alpha value is -3.14. The molecule has 0 amide bonds.